The molecule has 1 aromatic rings. The van der Waals surface area contributed by atoms with E-state index < -0.39 is 0 Å². The summed E-state index contributed by atoms with van der Waals surface area (Å²) in [5.74, 6) is 0.602. The van der Waals surface area contributed by atoms with E-state index in [0.29, 0.717) is 0 Å². The van der Waals surface area contributed by atoms with Gasteiger partial charge in [-0.15, -0.1) is 0 Å². The fraction of sp³-hybridized carbons (Fsp3) is 0.667. The highest BCUT2D eigenvalue weighted by Crippen LogP contribution is 2.27. The summed E-state index contributed by atoms with van der Waals surface area (Å²) in [5.41, 5.74) is 7.66. The molecular formula is C18H29FN2. The Morgan fingerprint density at radius 3 is 2.62 bits per heavy atom. The monoisotopic (exact) mass is 292 g/mol. The maximum Gasteiger partial charge on any atom is 0.146 e. The highest BCUT2D eigenvalue weighted by atomic mass is 19.1. The van der Waals surface area contributed by atoms with E-state index in [0.717, 1.165) is 36.6 Å². The lowest BCUT2D eigenvalue weighted by atomic mass is 9.89. The SMILES string of the molecule is CCC(N)Cc1ccc(N(C)CC2CCCCC2)c(F)c1. The van der Waals surface area contributed by atoms with Crippen LogP contribution in [0.15, 0.2) is 18.2 Å². The van der Waals surface area contributed by atoms with Gasteiger partial charge < -0.3 is 10.6 Å². The van der Waals surface area contributed by atoms with Gasteiger partial charge in [0.15, 0.2) is 0 Å². The van der Waals surface area contributed by atoms with Crippen molar-refractivity contribution in [3.05, 3.63) is 29.6 Å². The first-order valence-corrected chi connectivity index (χ1v) is 8.35. The molecule has 0 heterocycles. The lowest BCUT2D eigenvalue weighted by Gasteiger charge is -2.28. The third-order valence-corrected chi connectivity index (χ3v) is 4.70. The molecule has 1 aliphatic rings. The first-order chi connectivity index (χ1) is 10.1. The maximum atomic E-state index is 14.3. The average Bonchev–Trinajstić information content (AvgIpc) is 2.48. The summed E-state index contributed by atoms with van der Waals surface area (Å²) in [4.78, 5) is 2.08. The number of hydrogen-bond donors (Lipinski definition) is 1. The van der Waals surface area contributed by atoms with Crippen LogP contribution in [0.25, 0.3) is 0 Å². The van der Waals surface area contributed by atoms with E-state index in [1.165, 1.54) is 32.1 Å². The first-order valence-electron chi connectivity index (χ1n) is 8.35. The molecule has 1 aliphatic carbocycles. The van der Waals surface area contributed by atoms with Crippen molar-refractivity contribution in [1.82, 2.24) is 0 Å². The number of hydrogen-bond acceptors (Lipinski definition) is 2. The van der Waals surface area contributed by atoms with E-state index in [1.54, 1.807) is 6.07 Å². The molecule has 21 heavy (non-hydrogen) atoms. The third kappa shape index (κ3) is 4.70. The van der Waals surface area contributed by atoms with Crippen LogP contribution in [0.1, 0.15) is 51.0 Å². The molecule has 1 atom stereocenters. The standard InChI is InChI=1S/C18H29FN2/c1-3-16(20)11-15-9-10-18(17(19)12-15)21(2)13-14-7-5-4-6-8-14/h9-10,12,14,16H,3-8,11,13,20H2,1-2H3. The lowest BCUT2D eigenvalue weighted by molar-refractivity contribution is 0.361. The molecule has 1 unspecified atom stereocenters. The predicted octanol–water partition coefficient (Wildman–Crippen LogP) is 4.12. The second kappa shape index (κ2) is 7.79. The molecule has 1 aromatic carbocycles. The van der Waals surface area contributed by atoms with Gasteiger partial charge in [-0.05, 0) is 49.3 Å². The number of nitrogens with two attached hydrogens (primary N) is 1. The maximum absolute atomic E-state index is 14.3. The fourth-order valence-corrected chi connectivity index (χ4v) is 3.29. The van der Waals surface area contributed by atoms with Crippen molar-refractivity contribution < 1.29 is 4.39 Å². The number of anilines is 1. The van der Waals surface area contributed by atoms with Crippen LogP contribution in [0.5, 0.6) is 0 Å². The molecule has 118 valence electrons. The Balaban J connectivity index is 1.98. The van der Waals surface area contributed by atoms with Gasteiger partial charge in [-0.25, -0.2) is 4.39 Å². The van der Waals surface area contributed by atoms with Crippen molar-refractivity contribution in [2.45, 2.75) is 57.9 Å². The van der Waals surface area contributed by atoms with Crippen LogP contribution in [0, 0.1) is 11.7 Å². The van der Waals surface area contributed by atoms with Gasteiger partial charge in [0, 0.05) is 19.6 Å². The largest absolute Gasteiger partial charge is 0.372 e. The normalized spacial score (nSPS) is 17.7. The second-order valence-corrected chi connectivity index (χ2v) is 6.54. The molecule has 0 bridgehead atoms. The van der Waals surface area contributed by atoms with Crippen molar-refractivity contribution in [3.63, 3.8) is 0 Å². The summed E-state index contributed by atoms with van der Waals surface area (Å²) < 4.78 is 14.3. The highest BCUT2D eigenvalue weighted by molar-refractivity contribution is 5.48. The van der Waals surface area contributed by atoms with Crippen molar-refractivity contribution in [1.29, 1.82) is 0 Å². The van der Waals surface area contributed by atoms with Gasteiger partial charge in [-0.1, -0.05) is 32.3 Å². The van der Waals surface area contributed by atoms with Crippen molar-refractivity contribution >= 4 is 5.69 Å². The van der Waals surface area contributed by atoms with Crippen LogP contribution < -0.4 is 10.6 Å². The number of rotatable bonds is 6. The Bertz CT molecular complexity index is 441. The van der Waals surface area contributed by atoms with Crippen LogP contribution in [-0.2, 0) is 6.42 Å². The molecule has 2 N–H and O–H groups in total. The zero-order valence-electron chi connectivity index (χ0n) is 13.4. The Morgan fingerprint density at radius 1 is 1.29 bits per heavy atom. The number of nitrogens with zero attached hydrogens (tertiary/aromatic N) is 1. The van der Waals surface area contributed by atoms with Crippen molar-refractivity contribution in [2.75, 3.05) is 18.5 Å². The quantitative estimate of drug-likeness (QED) is 0.854. The van der Waals surface area contributed by atoms with Crippen LogP contribution in [-0.4, -0.2) is 19.6 Å². The number of halogens is 1. The zero-order chi connectivity index (χ0) is 15.2. The molecule has 3 heteroatoms. The molecule has 0 aromatic heterocycles. The third-order valence-electron chi connectivity index (χ3n) is 4.70. The van der Waals surface area contributed by atoms with Gasteiger partial charge in [0.2, 0.25) is 0 Å². The minimum absolute atomic E-state index is 0.117. The van der Waals surface area contributed by atoms with Crippen LogP contribution in [0.3, 0.4) is 0 Å². The van der Waals surface area contributed by atoms with Gasteiger partial charge in [-0.2, -0.15) is 0 Å². The van der Waals surface area contributed by atoms with Gasteiger partial charge in [-0.3, -0.25) is 0 Å². The summed E-state index contributed by atoms with van der Waals surface area (Å²) in [6, 6.07) is 5.71. The van der Waals surface area contributed by atoms with E-state index in [2.05, 4.69) is 11.8 Å². The fourth-order valence-electron chi connectivity index (χ4n) is 3.29. The van der Waals surface area contributed by atoms with E-state index in [4.69, 9.17) is 5.73 Å². The zero-order valence-corrected chi connectivity index (χ0v) is 13.4. The predicted molar refractivity (Wildman–Crippen MR) is 88.2 cm³/mol. The molecule has 0 saturated heterocycles. The van der Waals surface area contributed by atoms with Gasteiger partial charge in [0.25, 0.3) is 0 Å². The van der Waals surface area contributed by atoms with E-state index in [9.17, 15) is 4.39 Å². The second-order valence-electron chi connectivity index (χ2n) is 6.54. The molecular weight excluding hydrogens is 263 g/mol. The van der Waals surface area contributed by atoms with Gasteiger partial charge >= 0.3 is 0 Å². The van der Waals surface area contributed by atoms with Gasteiger partial charge in [0.1, 0.15) is 5.82 Å². The average molecular weight is 292 g/mol. The minimum Gasteiger partial charge on any atom is -0.372 e. The molecule has 1 fully saturated rings. The molecule has 2 rings (SSSR count). The Labute approximate surface area is 128 Å². The van der Waals surface area contributed by atoms with E-state index >= 15 is 0 Å². The summed E-state index contributed by atoms with van der Waals surface area (Å²) in [6.45, 7) is 3.03. The molecule has 0 radical (unpaired) electrons. The van der Waals surface area contributed by atoms with Crippen LogP contribution >= 0.6 is 0 Å². The summed E-state index contributed by atoms with van der Waals surface area (Å²) in [5, 5.41) is 0. The molecule has 0 aliphatic heterocycles. The Hall–Kier alpha value is -1.09. The number of benzene rings is 1. The molecule has 1 saturated carbocycles. The minimum atomic E-state index is -0.117. The topological polar surface area (TPSA) is 29.3 Å². The summed E-state index contributed by atoms with van der Waals surface area (Å²) in [7, 11) is 2.00. The van der Waals surface area contributed by atoms with Crippen LogP contribution in [0.2, 0.25) is 0 Å². The van der Waals surface area contributed by atoms with E-state index in [1.807, 2.05) is 19.2 Å². The molecule has 0 amide bonds. The highest BCUT2D eigenvalue weighted by Gasteiger charge is 2.17. The van der Waals surface area contributed by atoms with Crippen molar-refractivity contribution in [3.8, 4) is 0 Å². The van der Waals surface area contributed by atoms with Crippen LogP contribution in [0.4, 0.5) is 10.1 Å². The van der Waals surface area contributed by atoms with Gasteiger partial charge in [0.05, 0.1) is 5.69 Å². The molecule has 0 spiro atoms. The first kappa shape index (κ1) is 16.3. The summed E-state index contributed by atoms with van der Waals surface area (Å²) >= 11 is 0. The lowest BCUT2D eigenvalue weighted by Crippen LogP contribution is -2.27. The molecule has 2 nitrogen and oxygen atoms in total. The van der Waals surface area contributed by atoms with Crippen molar-refractivity contribution in [2.24, 2.45) is 11.7 Å². The smallest absolute Gasteiger partial charge is 0.146 e. The Morgan fingerprint density at radius 2 is 2.00 bits per heavy atom. The summed E-state index contributed by atoms with van der Waals surface area (Å²) in [6.07, 6.45) is 8.26. The van der Waals surface area contributed by atoms with E-state index in [-0.39, 0.29) is 11.9 Å². The Kier molecular flexibility index (Phi) is 6.04.